The van der Waals surface area contributed by atoms with Gasteiger partial charge in [0, 0.05) is 6.04 Å². The fourth-order valence-corrected chi connectivity index (χ4v) is 2.10. The maximum atomic E-state index is 11.3. The Hall–Kier alpha value is -2.27. The van der Waals surface area contributed by atoms with Gasteiger partial charge in [-0.05, 0) is 43.8 Å². The summed E-state index contributed by atoms with van der Waals surface area (Å²) >= 11 is 0. The molecule has 1 heterocycles. The van der Waals surface area contributed by atoms with E-state index >= 15 is 0 Å². The lowest BCUT2D eigenvalue weighted by Gasteiger charge is -2.24. The van der Waals surface area contributed by atoms with Crippen LogP contribution in [0.15, 0.2) is 40.8 Å². The molecule has 5 nitrogen and oxygen atoms in total. The first-order valence-corrected chi connectivity index (χ1v) is 6.67. The highest BCUT2D eigenvalue weighted by atomic mass is 16.5. The van der Waals surface area contributed by atoms with E-state index in [0.29, 0.717) is 12.3 Å². The van der Waals surface area contributed by atoms with Crippen LogP contribution >= 0.6 is 0 Å². The molecule has 0 saturated carbocycles. The first kappa shape index (κ1) is 15.1. The molecule has 0 unspecified atom stereocenters. The van der Waals surface area contributed by atoms with Crippen LogP contribution in [0.1, 0.15) is 34.8 Å². The monoisotopic (exact) mass is 289 g/mol. The van der Waals surface area contributed by atoms with Crippen LogP contribution in [0.25, 0.3) is 0 Å². The van der Waals surface area contributed by atoms with E-state index < -0.39 is 5.97 Å². The molecule has 2 aromatic rings. The predicted octanol–water partition coefficient (Wildman–Crippen LogP) is 2.96. The van der Waals surface area contributed by atoms with E-state index in [4.69, 9.17) is 4.42 Å². The molecular weight excluding hydrogens is 270 g/mol. The maximum Gasteiger partial charge on any atom is 0.373 e. The Balaban J connectivity index is 2.05. The van der Waals surface area contributed by atoms with Gasteiger partial charge in [0.05, 0.1) is 13.7 Å². The summed E-state index contributed by atoms with van der Waals surface area (Å²) in [4.78, 5) is 13.4. The normalized spacial score (nSPS) is 12.4. The molecule has 1 aromatic heterocycles. The Labute approximate surface area is 123 Å². The molecule has 1 aromatic carbocycles. The Kier molecular flexibility index (Phi) is 4.65. The molecule has 0 bridgehead atoms. The van der Waals surface area contributed by atoms with Gasteiger partial charge in [0.2, 0.25) is 5.76 Å². The lowest BCUT2D eigenvalue weighted by molar-refractivity contribution is 0.0561. The zero-order chi connectivity index (χ0) is 15.4. The molecular formula is C16H19NO4. The van der Waals surface area contributed by atoms with Gasteiger partial charge in [0.25, 0.3) is 0 Å². The Morgan fingerprint density at radius 3 is 2.81 bits per heavy atom. The molecule has 0 saturated heterocycles. The van der Waals surface area contributed by atoms with Crippen LogP contribution in [0.4, 0.5) is 0 Å². The Morgan fingerprint density at radius 2 is 2.14 bits per heavy atom. The summed E-state index contributed by atoms with van der Waals surface area (Å²) in [6.07, 6.45) is 0. The van der Waals surface area contributed by atoms with Gasteiger partial charge in [-0.15, -0.1) is 0 Å². The van der Waals surface area contributed by atoms with Gasteiger partial charge in [-0.1, -0.05) is 12.1 Å². The standard InChI is InChI=1S/C16H19NO4/c1-11(12-5-4-6-13(18)9-12)17(2)10-14-7-8-15(21-14)16(19)20-3/h4-9,11,18H,10H2,1-3H3/t11-/m0/s1. The van der Waals surface area contributed by atoms with Crippen molar-refractivity contribution in [1.82, 2.24) is 4.90 Å². The second-order valence-electron chi connectivity index (χ2n) is 4.94. The van der Waals surface area contributed by atoms with Crippen molar-refractivity contribution < 1.29 is 19.1 Å². The summed E-state index contributed by atoms with van der Waals surface area (Å²) in [6, 6.07) is 10.6. The third-order valence-electron chi connectivity index (χ3n) is 3.47. The summed E-state index contributed by atoms with van der Waals surface area (Å²) in [7, 11) is 3.27. The minimum Gasteiger partial charge on any atom is -0.508 e. The van der Waals surface area contributed by atoms with Crippen molar-refractivity contribution in [2.75, 3.05) is 14.2 Å². The van der Waals surface area contributed by atoms with Crippen molar-refractivity contribution in [2.24, 2.45) is 0 Å². The highest BCUT2D eigenvalue weighted by Gasteiger charge is 2.16. The summed E-state index contributed by atoms with van der Waals surface area (Å²) in [5, 5.41) is 9.54. The molecule has 0 spiro atoms. The van der Waals surface area contributed by atoms with Gasteiger partial charge in [-0.2, -0.15) is 0 Å². The lowest BCUT2D eigenvalue weighted by Crippen LogP contribution is -2.21. The first-order valence-electron chi connectivity index (χ1n) is 6.67. The molecule has 1 atom stereocenters. The number of rotatable bonds is 5. The van der Waals surface area contributed by atoms with Crippen molar-refractivity contribution in [1.29, 1.82) is 0 Å². The van der Waals surface area contributed by atoms with E-state index in [2.05, 4.69) is 9.64 Å². The van der Waals surface area contributed by atoms with Crippen molar-refractivity contribution in [3.05, 3.63) is 53.5 Å². The van der Waals surface area contributed by atoms with Gasteiger partial charge in [-0.3, -0.25) is 4.90 Å². The van der Waals surface area contributed by atoms with E-state index in [1.807, 2.05) is 26.1 Å². The largest absolute Gasteiger partial charge is 0.508 e. The molecule has 21 heavy (non-hydrogen) atoms. The average Bonchev–Trinajstić information content (AvgIpc) is 2.94. The number of aromatic hydroxyl groups is 1. The van der Waals surface area contributed by atoms with Gasteiger partial charge in [0.1, 0.15) is 11.5 Å². The highest BCUT2D eigenvalue weighted by Crippen LogP contribution is 2.24. The van der Waals surface area contributed by atoms with Crippen LogP contribution in [0.5, 0.6) is 5.75 Å². The Bertz CT molecular complexity index is 620. The fraction of sp³-hybridized carbons (Fsp3) is 0.312. The van der Waals surface area contributed by atoms with E-state index in [-0.39, 0.29) is 17.6 Å². The van der Waals surface area contributed by atoms with E-state index in [9.17, 15) is 9.90 Å². The molecule has 2 rings (SSSR count). The van der Waals surface area contributed by atoms with Crippen molar-refractivity contribution in [2.45, 2.75) is 19.5 Å². The van der Waals surface area contributed by atoms with Crippen LogP contribution in [-0.2, 0) is 11.3 Å². The number of esters is 1. The number of benzene rings is 1. The zero-order valence-electron chi connectivity index (χ0n) is 12.4. The lowest BCUT2D eigenvalue weighted by atomic mass is 10.1. The number of hydrogen-bond donors (Lipinski definition) is 1. The molecule has 1 N–H and O–H groups in total. The SMILES string of the molecule is COC(=O)c1ccc(CN(C)[C@@H](C)c2cccc(O)c2)o1. The van der Waals surface area contributed by atoms with Gasteiger partial charge in [-0.25, -0.2) is 4.79 Å². The smallest absolute Gasteiger partial charge is 0.373 e. The number of carbonyl (C=O) groups excluding carboxylic acids is 1. The quantitative estimate of drug-likeness (QED) is 0.857. The topological polar surface area (TPSA) is 62.9 Å². The highest BCUT2D eigenvalue weighted by molar-refractivity contribution is 5.86. The van der Waals surface area contributed by atoms with Crippen LogP contribution in [0.2, 0.25) is 0 Å². The number of phenolic OH excluding ortho intramolecular Hbond substituents is 1. The number of carbonyl (C=O) groups is 1. The third-order valence-corrected chi connectivity index (χ3v) is 3.47. The molecule has 5 heteroatoms. The minimum absolute atomic E-state index is 0.101. The summed E-state index contributed by atoms with van der Waals surface area (Å²) in [5.41, 5.74) is 1.01. The van der Waals surface area contributed by atoms with Crippen LogP contribution in [-0.4, -0.2) is 30.1 Å². The first-order chi connectivity index (χ1) is 10.0. The molecule has 0 aliphatic rings. The number of phenols is 1. The zero-order valence-corrected chi connectivity index (χ0v) is 12.4. The maximum absolute atomic E-state index is 11.3. The van der Waals surface area contributed by atoms with Crippen molar-refractivity contribution in [3.8, 4) is 5.75 Å². The van der Waals surface area contributed by atoms with Crippen molar-refractivity contribution in [3.63, 3.8) is 0 Å². The summed E-state index contributed by atoms with van der Waals surface area (Å²) in [5.74, 6) is 0.652. The van der Waals surface area contributed by atoms with Gasteiger partial charge >= 0.3 is 5.97 Å². The van der Waals surface area contributed by atoms with E-state index in [1.54, 1.807) is 24.3 Å². The van der Waals surface area contributed by atoms with Gasteiger partial charge in [0.15, 0.2) is 0 Å². The number of methoxy groups -OCH3 is 1. The van der Waals surface area contributed by atoms with Crippen molar-refractivity contribution >= 4 is 5.97 Å². The molecule has 0 fully saturated rings. The molecule has 112 valence electrons. The number of hydrogen-bond acceptors (Lipinski definition) is 5. The number of furan rings is 1. The van der Waals surface area contributed by atoms with Crippen LogP contribution in [0.3, 0.4) is 0 Å². The van der Waals surface area contributed by atoms with Crippen LogP contribution in [0, 0.1) is 0 Å². The number of nitrogens with zero attached hydrogens (tertiary/aromatic N) is 1. The second-order valence-corrected chi connectivity index (χ2v) is 4.94. The molecule has 0 aliphatic heterocycles. The Morgan fingerprint density at radius 1 is 1.38 bits per heavy atom. The minimum atomic E-state index is -0.482. The molecule has 0 aliphatic carbocycles. The average molecular weight is 289 g/mol. The molecule has 0 radical (unpaired) electrons. The molecule has 0 amide bonds. The summed E-state index contributed by atoms with van der Waals surface area (Å²) < 4.78 is 10.1. The predicted molar refractivity (Wildman–Crippen MR) is 78.0 cm³/mol. The van der Waals surface area contributed by atoms with E-state index in [1.165, 1.54) is 7.11 Å². The second kappa shape index (κ2) is 6.45. The van der Waals surface area contributed by atoms with Gasteiger partial charge < -0.3 is 14.3 Å². The fourth-order valence-electron chi connectivity index (χ4n) is 2.10. The third kappa shape index (κ3) is 3.64. The number of ether oxygens (including phenoxy) is 1. The van der Waals surface area contributed by atoms with E-state index in [0.717, 1.165) is 5.56 Å². The summed E-state index contributed by atoms with van der Waals surface area (Å²) in [6.45, 7) is 2.59. The van der Waals surface area contributed by atoms with Crippen LogP contribution < -0.4 is 0 Å².